The Balaban J connectivity index is 1.81. The lowest BCUT2D eigenvalue weighted by atomic mass is 10.1. The van der Waals surface area contributed by atoms with Crippen LogP contribution < -0.4 is 5.56 Å². The molecule has 126 valence electrons. The number of nitrogens with one attached hydrogen (secondary N) is 1. The molecule has 1 aromatic heterocycles. The number of hydrogen-bond donors (Lipinski definition) is 1. The summed E-state index contributed by atoms with van der Waals surface area (Å²) < 4.78 is 32.0. The highest BCUT2D eigenvalue weighted by molar-refractivity contribution is 5.92. The Morgan fingerprint density at radius 1 is 1.25 bits per heavy atom. The number of amides is 1. The second kappa shape index (κ2) is 6.52. The van der Waals surface area contributed by atoms with Crippen LogP contribution in [-0.2, 0) is 4.74 Å². The Bertz CT molecular complexity index is 835. The van der Waals surface area contributed by atoms with E-state index in [1.165, 1.54) is 17.0 Å². The van der Waals surface area contributed by atoms with Gasteiger partial charge in [-0.1, -0.05) is 6.07 Å². The molecule has 5 nitrogen and oxygen atoms in total. The summed E-state index contributed by atoms with van der Waals surface area (Å²) in [5, 5.41) is 0. The number of pyridine rings is 1. The zero-order chi connectivity index (χ0) is 17.3. The molecule has 0 saturated carbocycles. The van der Waals surface area contributed by atoms with Crippen LogP contribution in [0.1, 0.15) is 27.7 Å². The summed E-state index contributed by atoms with van der Waals surface area (Å²) >= 11 is 0. The lowest BCUT2D eigenvalue weighted by Crippen LogP contribution is -2.43. The maximum atomic E-state index is 13.4. The highest BCUT2D eigenvalue weighted by Gasteiger charge is 2.27. The smallest absolute Gasteiger partial charge is 0.270 e. The molecule has 0 spiro atoms. The van der Waals surface area contributed by atoms with Crippen molar-refractivity contribution in [2.75, 3.05) is 19.7 Å². The molecule has 0 aliphatic carbocycles. The van der Waals surface area contributed by atoms with Crippen LogP contribution in [0.3, 0.4) is 0 Å². The van der Waals surface area contributed by atoms with Gasteiger partial charge in [0.25, 0.3) is 5.91 Å². The number of aromatic amines is 1. The third kappa shape index (κ3) is 3.35. The lowest BCUT2D eigenvalue weighted by Gasteiger charge is -2.33. The zero-order valence-corrected chi connectivity index (χ0v) is 13.0. The third-order valence-electron chi connectivity index (χ3n) is 3.89. The van der Waals surface area contributed by atoms with Crippen LogP contribution in [0.25, 0.3) is 0 Å². The highest BCUT2D eigenvalue weighted by Crippen LogP contribution is 2.24. The van der Waals surface area contributed by atoms with Gasteiger partial charge in [-0.2, -0.15) is 0 Å². The molecule has 0 bridgehead atoms. The van der Waals surface area contributed by atoms with Gasteiger partial charge >= 0.3 is 0 Å². The van der Waals surface area contributed by atoms with Crippen LogP contribution in [0.4, 0.5) is 8.78 Å². The highest BCUT2D eigenvalue weighted by atomic mass is 19.2. The van der Waals surface area contributed by atoms with Crippen molar-refractivity contribution >= 4 is 5.91 Å². The van der Waals surface area contributed by atoms with Crippen LogP contribution in [0.2, 0.25) is 0 Å². The summed E-state index contributed by atoms with van der Waals surface area (Å²) in [7, 11) is 0. The summed E-state index contributed by atoms with van der Waals surface area (Å²) in [6.07, 6.45) is -0.547. The molecule has 2 aromatic rings. The van der Waals surface area contributed by atoms with Crippen molar-refractivity contribution in [2.45, 2.75) is 13.0 Å². The minimum absolute atomic E-state index is 0.194. The first-order valence-corrected chi connectivity index (χ1v) is 7.51. The number of ether oxygens (including phenoxy) is 1. The molecule has 1 fully saturated rings. The standard InChI is InChI=1S/C17H16F2N2O3/c1-10-6-14(20-16(22)7-10)17(23)21-4-5-24-15(9-21)11-2-3-12(18)13(19)8-11/h2-3,6-8,15H,4-5,9H2,1H3,(H,20,22). The first-order chi connectivity index (χ1) is 11.4. The zero-order valence-electron chi connectivity index (χ0n) is 13.0. The predicted octanol–water partition coefficient (Wildman–Crippen LogP) is 2.18. The van der Waals surface area contributed by atoms with E-state index in [1.807, 2.05) is 0 Å². The number of aryl methyl sites for hydroxylation is 1. The molecular formula is C17H16F2N2O3. The molecule has 0 radical (unpaired) electrons. The topological polar surface area (TPSA) is 62.4 Å². The van der Waals surface area contributed by atoms with Crippen LogP contribution in [0, 0.1) is 18.6 Å². The first-order valence-electron chi connectivity index (χ1n) is 7.51. The van der Waals surface area contributed by atoms with Gasteiger partial charge in [-0.25, -0.2) is 8.78 Å². The SMILES string of the molecule is Cc1cc(C(=O)N2CCOC(c3ccc(F)c(F)c3)C2)[nH]c(=O)c1. The van der Waals surface area contributed by atoms with E-state index < -0.39 is 17.7 Å². The van der Waals surface area contributed by atoms with Gasteiger partial charge in [0.2, 0.25) is 5.56 Å². The van der Waals surface area contributed by atoms with Crippen molar-refractivity contribution in [1.82, 2.24) is 9.88 Å². The molecule has 3 rings (SSSR count). The number of hydrogen-bond acceptors (Lipinski definition) is 3. The van der Waals surface area contributed by atoms with Crippen molar-refractivity contribution in [3.8, 4) is 0 Å². The van der Waals surface area contributed by atoms with Gasteiger partial charge in [0.05, 0.1) is 13.2 Å². The van der Waals surface area contributed by atoms with Gasteiger partial charge in [-0.05, 0) is 36.2 Å². The van der Waals surface area contributed by atoms with Crippen LogP contribution in [-0.4, -0.2) is 35.5 Å². The molecule has 1 aromatic carbocycles. The third-order valence-corrected chi connectivity index (χ3v) is 3.89. The molecule has 24 heavy (non-hydrogen) atoms. The Kier molecular flexibility index (Phi) is 4.44. The van der Waals surface area contributed by atoms with Gasteiger partial charge in [0, 0.05) is 12.6 Å². The van der Waals surface area contributed by atoms with E-state index >= 15 is 0 Å². The van der Waals surface area contributed by atoms with Crippen molar-refractivity contribution in [3.05, 3.63) is 69.1 Å². The Morgan fingerprint density at radius 3 is 2.75 bits per heavy atom. The molecule has 1 N–H and O–H groups in total. The predicted molar refractivity (Wildman–Crippen MR) is 82.8 cm³/mol. The van der Waals surface area contributed by atoms with Crippen LogP contribution in [0.5, 0.6) is 0 Å². The Morgan fingerprint density at radius 2 is 2.04 bits per heavy atom. The molecule has 1 amide bonds. The average Bonchev–Trinajstić information content (AvgIpc) is 2.56. The van der Waals surface area contributed by atoms with Crippen LogP contribution >= 0.6 is 0 Å². The molecule has 7 heteroatoms. The number of benzene rings is 1. The number of nitrogens with zero attached hydrogens (tertiary/aromatic N) is 1. The maximum Gasteiger partial charge on any atom is 0.270 e. The number of rotatable bonds is 2. The number of halogens is 2. The number of carbonyl (C=O) groups excluding carboxylic acids is 1. The molecule has 2 heterocycles. The minimum atomic E-state index is -0.956. The second-order valence-electron chi connectivity index (χ2n) is 5.72. The largest absolute Gasteiger partial charge is 0.370 e. The normalized spacial score (nSPS) is 17.8. The summed E-state index contributed by atoms with van der Waals surface area (Å²) in [6.45, 7) is 2.55. The van der Waals surface area contributed by atoms with Crippen molar-refractivity contribution in [3.63, 3.8) is 0 Å². The van der Waals surface area contributed by atoms with E-state index in [2.05, 4.69) is 4.98 Å². The number of H-pyrrole nitrogens is 1. The number of morpholine rings is 1. The van der Waals surface area contributed by atoms with Crippen LogP contribution in [0.15, 0.2) is 35.1 Å². The molecule has 1 atom stereocenters. The maximum absolute atomic E-state index is 13.4. The van der Waals surface area contributed by atoms with E-state index in [0.717, 1.165) is 12.1 Å². The van der Waals surface area contributed by atoms with Crippen molar-refractivity contribution in [2.24, 2.45) is 0 Å². The summed E-state index contributed by atoms with van der Waals surface area (Å²) in [6, 6.07) is 6.55. The average molecular weight is 334 g/mol. The van der Waals surface area contributed by atoms with E-state index in [4.69, 9.17) is 4.74 Å². The van der Waals surface area contributed by atoms with E-state index in [9.17, 15) is 18.4 Å². The van der Waals surface area contributed by atoms with E-state index in [1.54, 1.807) is 13.0 Å². The van der Waals surface area contributed by atoms with Gasteiger partial charge in [-0.15, -0.1) is 0 Å². The number of carbonyl (C=O) groups is 1. The van der Waals surface area contributed by atoms with Gasteiger partial charge in [0.1, 0.15) is 11.8 Å². The van der Waals surface area contributed by atoms with Gasteiger partial charge < -0.3 is 14.6 Å². The summed E-state index contributed by atoms with van der Waals surface area (Å²) in [5.41, 5.74) is 1.01. The monoisotopic (exact) mass is 334 g/mol. The molecular weight excluding hydrogens is 318 g/mol. The Labute approximate surface area is 136 Å². The van der Waals surface area contributed by atoms with E-state index in [-0.39, 0.29) is 30.3 Å². The summed E-state index contributed by atoms with van der Waals surface area (Å²) in [4.78, 5) is 28.1. The fourth-order valence-electron chi connectivity index (χ4n) is 2.71. The molecule has 1 saturated heterocycles. The van der Waals surface area contributed by atoms with E-state index in [0.29, 0.717) is 17.7 Å². The Hall–Kier alpha value is -2.54. The fraction of sp³-hybridized carbons (Fsp3) is 0.294. The quantitative estimate of drug-likeness (QED) is 0.916. The van der Waals surface area contributed by atoms with Gasteiger partial charge in [0.15, 0.2) is 11.6 Å². The minimum Gasteiger partial charge on any atom is -0.370 e. The van der Waals surface area contributed by atoms with Gasteiger partial charge in [-0.3, -0.25) is 9.59 Å². The molecule has 1 aliphatic rings. The number of aromatic nitrogens is 1. The summed E-state index contributed by atoms with van der Waals surface area (Å²) in [5.74, 6) is -2.21. The first kappa shape index (κ1) is 16.3. The molecule has 1 unspecified atom stereocenters. The van der Waals surface area contributed by atoms with Crippen molar-refractivity contribution < 1.29 is 18.3 Å². The fourth-order valence-corrected chi connectivity index (χ4v) is 2.71. The van der Waals surface area contributed by atoms with Crippen molar-refractivity contribution in [1.29, 1.82) is 0 Å². The molecule has 1 aliphatic heterocycles. The second-order valence-corrected chi connectivity index (χ2v) is 5.72. The lowest BCUT2D eigenvalue weighted by molar-refractivity contribution is -0.0231.